The first-order valence-electron chi connectivity index (χ1n) is 5.27. The quantitative estimate of drug-likeness (QED) is 0.883. The van der Waals surface area contributed by atoms with Gasteiger partial charge in [0.25, 0.3) is 0 Å². The number of ether oxygens (including phenoxy) is 1. The SMILES string of the molecule is COc1ccc(/N=C/c2nc(Cl)c(Cl)nc2N)cc1. The largest absolute Gasteiger partial charge is 0.497 e. The average Bonchev–Trinajstić information content (AvgIpc) is 2.42. The molecular formula is C12H10Cl2N4O. The summed E-state index contributed by atoms with van der Waals surface area (Å²) in [5.41, 5.74) is 6.77. The Morgan fingerprint density at radius 3 is 2.42 bits per heavy atom. The van der Waals surface area contributed by atoms with Crippen LogP contribution in [0.4, 0.5) is 11.5 Å². The lowest BCUT2D eigenvalue weighted by molar-refractivity contribution is 0.415. The van der Waals surface area contributed by atoms with Crippen LogP contribution < -0.4 is 10.5 Å². The zero-order valence-electron chi connectivity index (χ0n) is 9.97. The second-order valence-electron chi connectivity index (χ2n) is 3.53. The number of hydrogen-bond donors (Lipinski definition) is 1. The van der Waals surface area contributed by atoms with E-state index in [-0.39, 0.29) is 16.1 Å². The van der Waals surface area contributed by atoms with Crippen molar-refractivity contribution in [1.29, 1.82) is 0 Å². The first kappa shape index (κ1) is 13.6. The number of nitrogens with zero attached hydrogens (tertiary/aromatic N) is 3. The predicted octanol–water partition coefficient (Wildman–Crippen LogP) is 3.12. The van der Waals surface area contributed by atoms with Crippen molar-refractivity contribution in [1.82, 2.24) is 9.97 Å². The van der Waals surface area contributed by atoms with Crippen LogP contribution in [0.25, 0.3) is 0 Å². The van der Waals surface area contributed by atoms with E-state index in [0.29, 0.717) is 5.69 Å². The van der Waals surface area contributed by atoms with Crippen molar-refractivity contribution < 1.29 is 4.74 Å². The van der Waals surface area contributed by atoms with Crippen molar-refractivity contribution in [3.63, 3.8) is 0 Å². The Morgan fingerprint density at radius 1 is 1.16 bits per heavy atom. The first-order valence-corrected chi connectivity index (χ1v) is 6.02. The van der Waals surface area contributed by atoms with Crippen LogP contribution in [0.3, 0.4) is 0 Å². The van der Waals surface area contributed by atoms with Crippen molar-refractivity contribution >= 4 is 40.9 Å². The fourth-order valence-corrected chi connectivity index (χ4v) is 1.58. The van der Waals surface area contributed by atoms with Gasteiger partial charge >= 0.3 is 0 Å². The summed E-state index contributed by atoms with van der Waals surface area (Å²) in [4.78, 5) is 12.1. The zero-order valence-corrected chi connectivity index (χ0v) is 11.5. The highest BCUT2D eigenvalue weighted by molar-refractivity contribution is 6.40. The maximum atomic E-state index is 5.77. The number of nitrogens with two attached hydrogens (primary N) is 1. The third kappa shape index (κ3) is 3.33. The Kier molecular flexibility index (Phi) is 4.19. The van der Waals surface area contributed by atoms with Crippen LogP contribution in [-0.4, -0.2) is 23.3 Å². The van der Waals surface area contributed by atoms with Crippen molar-refractivity contribution in [2.45, 2.75) is 0 Å². The molecule has 0 unspecified atom stereocenters. The van der Waals surface area contributed by atoms with Crippen molar-refractivity contribution in [3.8, 4) is 5.75 Å². The van der Waals surface area contributed by atoms with E-state index in [1.807, 2.05) is 0 Å². The van der Waals surface area contributed by atoms with E-state index in [2.05, 4.69) is 15.0 Å². The van der Waals surface area contributed by atoms with Crippen LogP contribution in [0.5, 0.6) is 5.75 Å². The van der Waals surface area contributed by atoms with Crippen LogP contribution in [0.15, 0.2) is 29.3 Å². The highest BCUT2D eigenvalue weighted by Gasteiger charge is 2.06. The summed E-state index contributed by atoms with van der Waals surface area (Å²) in [6.07, 6.45) is 1.48. The van der Waals surface area contributed by atoms with Gasteiger partial charge in [0.15, 0.2) is 16.1 Å². The summed E-state index contributed by atoms with van der Waals surface area (Å²) in [6, 6.07) is 7.21. The molecule has 7 heteroatoms. The molecule has 2 aromatic rings. The van der Waals surface area contributed by atoms with Crippen LogP contribution in [-0.2, 0) is 0 Å². The fourth-order valence-electron chi connectivity index (χ4n) is 1.32. The summed E-state index contributed by atoms with van der Waals surface area (Å²) >= 11 is 11.5. The summed E-state index contributed by atoms with van der Waals surface area (Å²) in [6.45, 7) is 0. The number of anilines is 1. The molecular weight excluding hydrogens is 287 g/mol. The van der Waals surface area contributed by atoms with E-state index >= 15 is 0 Å². The highest BCUT2D eigenvalue weighted by Crippen LogP contribution is 2.21. The molecule has 1 aromatic heterocycles. The van der Waals surface area contributed by atoms with Crippen molar-refractivity contribution in [2.24, 2.45) is 4.99 Å². The molecule has 5 nitrogen and oxygen atoms in total. The van der Waals surface area contributed by atoms with Gasteiger partial charge in [-0.15, -0.1) is 0 Å². The monoisotopic (exact) mass is 296 g/mol. The van der Waals surface area contributed by atoms with Crippen molar-refractivity contribution in [3.05, 3.63) is 40.3 Å². The van der Waals surface area contributed by atoms with Gasteiger partial charge in [0.2, 0.25) is 0 Å². The summed E-state index contributed by atoms with van der Waals surface area (Å²) < 4.78 is 5.05. The first-order chi connectivity index (χ1) is 9.10. The minimum atomic E-state index is 0.0702. The van der Waals surface area contributed by atoms with Gasteiger partial charge in [-0.25, -0.2) is 9.97 Å². The zero-order chi connectivity index (χ0) is 13.8. The van der Waals surface area contributed by atoms with E-state index in [1.54, 1.807) is 31.4 Å². The molecule has 0 fully saturated rings. The van der Waals surface area contributed by atoms with Gasteiger partial charge in [-0.1, -0.05) is 23.2 Å². The predicted molar refractivity (Wildman–Crippen MR) is 76.7 cm³/mol. The second kappa shape index (κ2) is 5.86. The Morgan fingerprint density at radius 2 is 1.79 bits per heavy atom. The molecule has 0 saturated carbocycles. The molecule has 0 saturated heterocycles. The minimum absolute atomic E-state index is 0.0702. The normalized spacial score (nSPS) is 10.9. The number of aromatic nitrogens is 2. The van der Waals surface area contributed by atoms with Gasteiger partial charge in [0.1, 0.15) is 11.4 Å². The van der Waals surface area contributed by atoms with E-state index in [4.69, 9.17) is 33.7 Å². The lowest BCUT2D eigenvalue weighted by Gasteiger charge is -2.01. The summed E-state index contributed by atoms with van der Waals surface area (Å²) in [7, 11) is 1.60. The third-order valence-corrected chi connectivity index (χ3v) is 2.90. The molecule has 1 heterocycles. The Bertz CT molecular complexity index is 614. The van der Waals surface area contributed by atoms with E-state index in [1.165, 1.54) is 6.21 Å². The van der Waals surface area contributed by atoms with E-state index in [0.717, 1.165) is 11.4 Å². The molecule has 0 bridgehead atoms. The number of hydrogen-bond acceptors (Lipinski definition) is 5. The lowest BCUT2D eigenvalue weighted by Crippen LogP contribution is -2.01. The van der Waals surface area contributed by atoms with E-state index in [9.17, 15) is 0 Å². The average molecular weight is 297 g/mol. The molecule has 0 amide bonds. The molecule has 1 aromatic carbocycles. The Balaban J connectivity index is 2.24. The number of benzene rings is 1. The maximum Gasteiger partial charge on any atom is 0.168 e. The Labute approximate surface area is 120 Å². The molecule has 0 radical (unpaired) electrons. The molecule has 0 aliphatic heterocycles. The molecule has 0 atom stereocenters. The second-order valence-corrected chi connectivity index (χ2v) is 4.25. The van der Waals surface area contributed by atoms with Gasteiger partial charge in [0.05, 0.1) is 19.0 Å². The van der Waals surface area contributed by atoms with Crippen molar-refractivity contribution in [2.75, 3.05) is 12.8 Å². The van der Waals surface area contributed by atoms with Gasteiger partial charge < -0.3 is 10.5 Å². The van der Waals surface area contributed by atoms with Crippen LogP contribution in [0.2, 0.25) is 10.3 Å². The topological polar surface area (TPSA) is 73.4 Å². The van der Waals surface area contributed by atoms with Crippen LogP contribution >= 0.6 is 23.2 Å². The van der Waals surface area contributed by atoms with Gasteiger partial charge in [0, 0.05) is 0 Å². The van der Waals surface area contributed by atoms with Gasteiger partial charge in [-0.2, -0.15) is 0 Å². The standard InChI is InChI=1S/C12H10Cl2N4O/c1-19-8-4-2-7(3-5-8)16-6-9-12(15)18-11(14)10(13)17-9/h2-6H,1H3,(H2,15,18)/b16-6+. The maximum absolute atomic E-state index is 5.77. The third-order valence-electron chi connectivity index (χ3n) is 2.28. The number of halogens is 2. The molecule has 2 rings (SSSR count). The smallest absolute Gasteiger partial charge is 0.168 e. The Hall–Kier alpha value is -1.85. The number of nitrogen functional groups attached to an aromatic ring is 1. The highest BCUT2D eigenvalue weighted by atomic mass is 35.5. The fraction of sp³-hybridized carbons (Fsp3) is 0.0833. The summed E-state index contributed by atoms with van der Waals surface area (Å²) in [5, 5.41) is 0.160. The molecule has 2 N–H and O–H groups in total. The van der Waals surface area contributed by atoms with Gasteiger partial charge in [-0.3, -0.25) is 4.99 Å². The van der Waals surface area contributed by atoms with Crippen LogP contribution in [0, 0.1) is 0 Å². The number of methoxy groups -OCH3 is 1. The number of rotatable bonds is 3. The molecule has 0 spiro atoms. The lowest BCUT2D eigenvalue weighted by atomic mass is 10.3. The molecule has 98 valence electrons. The molecule has 0 aliphatic rings. The molecule has 0 aliphatic carbocycles. The van der Waals surface area contributed by atoms with Crippen LogP contribution in [0.1, 0.15) is 5.69 Å². The molecule has 19 heavy (non-hydrogen) atoms. The van der Waals surface area contributed by atoms with Gasteiger partial charge in [-0.05, 0) is 24.3 Å². The minimum Gasteiger partial charge on any atom is -0.497 e. The van der Waals surface area contributed by atoms with E-state index < -0.39 is 0 Å². The number of aliphatic imine (C=N–C) groups is 1. The summed E-state index contributed by atoms with van der Waals surface area (Å²) in [5.74, 6) is 0.930.